The van der Waals surface area contributed by atoms with E-state index < -0.39 is 5.54 Å². The number of amidine groups is 1. The quantitative estimate of drug-likeness (QED) is 0.766. The minimum atomic E-state index is -0.411. The molecule has 0 radical (unpaired) electrons. The van der Waals surface area contributed by atoms with Crippen LogP contribution in [0.2, 0.25) is 0 Å². The van der Waals surface area contributed by atoms with E-state index >= 15 is 0 Å². The fourth-order valence-corrected chi connectivity index (χ4v) is 2.94. The molecule has 0 atom stereocenters. The Labute approximate surface area is 116 Å². The molecule has 4 nitrogen and oxygen atoms in total. The van der Waals surface area contributed by atoms with E-state index in [1.165, 1.54) is 5.06 Å². The van der Waals surface area contributed by atoms with Crippen LogP contribution in [0.25, 0.3) is 0 Å². The van der Waals surface area contributed by atoms with E-state index in [1.807, 2.05) is 13.8 Å². The molecule has 2 aliphatic heterocycles. The summed E-state index contributed by atoms with van der Waals surface area (Å²) >= 11 is 0. The molecule has 2 heterocycles. The van der Waals surface area contributed by atoms with E-state index in [1.54, 1.807) is 0 Å². The number of hydroxylamine groups is 2. The molecule has 19 heavy (non-hydrogen) atoms. The van der Waals surface area contributed by atoms with Crippen molar-refractivity contribution in [2.24, 2.45) is 4.99 Å². The number of rotatable bonds is 1. The summed E-state index contributed by atoms with van der Waals surface area (Å²) in [5.41, 5.74) is 0.0599. The Bertz CT molecular complexity index is 470. The lowest BCUT2D eigenvalue weighted by atomic mass is 9.84. The zero-order valence-corrected chi connectivity index (χ0v) is 13.4. The van der Waals surface area contributed by atoms with Gasteiger partial charge in [0.05, 0.1) is 11.1 Å². The van der Waals surface area contributed by atoms with Gasteiger partial charge in [0.1, 0.15) is 0 Å². The SMILES string of the molecule is CC1(C)C=C(C2=NC(C)(C)C(C)(C)N2O)C(C)(C)N1. The van der Waals surface area contributed by atoms with E-state index in [0.29, 0.717) is 5.84 Å². The van der Waals surface area contributed by atoms with Crippen LogP contribution in [-0.2, 0) is 0 Å². The van der Waals surface area contributed by atoms with Crippen molar-refractivity contribution in [3.63, 3.8) is 0 Å². The van der Waals surface area contributed by atoms with E-state index in [0.717, 1.165) is 5.57 Å². The van der Waals surface area contributed by atoms with E-state index in [-0.39, 0.29) is 16.6 Å². The van der Waals surface area contributed by atoms with Gasteiger partial charge in [-0.05, 0) is 55.4 Å². The molecule has 2 N–H and O–H groups in total. The predicted molar refractivity (Wildman–Crippen MR) is 78.6 cm³/mol. The topological polar surface area (TPSA) is 47.9 Å². The van der Waals surface area contributed by atoms with Gasteiger partial charge in [0.25, 0.3) is 0 Å². The third-order valence-electron chi connectivity index (χ3n) is 4.67. The highest BCUT2D eigenvalue weighted by Gasteiger charge is 2.52. The van der Waals surface area contributed by atoms with Crippen LogP contribution in [0.3, 0.4) is 0 Å². The first kappa shape index (κ1) is 14.5. The first-order valence-electron chi connectivity index (χ1n) is 6.92. The molecule has 0 aromatic carbocycles. The van der Waals surface area contributed by atoms with Gasteiger partial charge in [0, 0.05) is 16.7 Å². The molecule has 0 aromatic rings. The van der Waals surface area contributed by atoms with Crippen LogP contribution in [-0.4, -0.2) is 38.3 Å². The molecule has 4 heteroatoms. The fraction of sp³-hybridized carbons (Fsp3) is 0.800. The van der Waals surface area contributed by atoms with Gasteiger partial charge in [-0.2, -0.15) is 0 Å². The fourth-order valence-electron chi connectivity index (χ4n) is 2.94. The van der Waals surface area contributed by atoms with E-state index in [2.05, 4.69) is 52.9 Å². The third kappa shape index (κ3) is 2.01. The van der Waals surface area contributed by atoms with E-state index in [9.17, 15) is 5.21 Å². The molecule has 2 aliphatic rings. The maximum atomic E-state index is 10.5. The highest BCUT2D eigenvalue weighted by atomic mass is 16.5. The number of hydrogen-bond donors (Lipinski definition) is 2. The Morgan fingerprint density at radius 1 is 1.05 bits per heavy atom. The van der Waals surface area contributed by atoms with Gasteiger partial charge in [-0.1, -0.05) is 6.08 Å². The van der Waals surface area contributed by atoms with Crippen molar-refractivity contribution < 1.29 is 5.21 Å². The second kappa shape index (κ2) is 3.61. The van der Waals surface area contributed by atoms with Crippen molar-refractivity contribution >= 4 is 5.84 Å². The molecule has 0 aliphatic carbocycles. The second-order valence-electron chi connectivity index (χ2n) is 7.89. The number of nitrogens with one attached hydrogen (secondary N) is 1. The molecular weight excluding hydrogens is 238 g/mol. The van der Waals surface area contributed by atoms with E-state index in [4.69, 9.17) is 4.99 Å². The minimum absolute atomic E-state index is 0.0843. The summed E-state index contributed by atoms with van der Waals surface area (Å²) < 4.78 is 0. The molecule has 0 aromatic heterocycles. The van der Waals surface area contributed by atoms with Crippen molar-refractivity contribution in [1.82, 2.24) is 10.4 Å². The smallest absolute Gasteiger partial charge is 0.153 e. The molecule has 0 saturated carbocycles. The Morgan fingerprint density at radius 3 is 1.89 bits per heavy atom. The molecule has 108 valence electrons. The molecule has 0 fully saturated rings. The average Bonchev–Trinajstić information content (AvgIpc) is 2.49. The summed E-state index contributed by atoms with van der Waals surface area (Å²) in [4.78, 5) is 4.78. The molecular formula is C15H27N3O. The molecule has 0 saturated heterocycles. The standard InChI is InChI=1S/C15H27N3O/c1-12(2)9-10(13(3,4)17-12)11-16-14(5,6)15(7,8)18(11)19/h9,17,19H,1-8H3. The lowest BCUT2D eigenvalue weighted by molar-refractivity contribution is -0.0997. The molecule has 0 spiro atoms. The Kier molecular flexibility index (Phi) is 2.76. The third-order valence-corrected chi connectivity index (χ3v) is 4.67. The van der Waals surface area contributed by atoms with Crippen LogP contribution in [0.5, 0.6) is 0 Å². The van der Waals surface area contributed by atoms with Crippen LogP contribution in [0.1, 0.15) is 55.4 Å². The largest absolute Gasteiger partial charge is 0.299 e. The Morgan fingerprint density at radius 2 is 1.58 bits per heavy atom. The zero-order valence-electron chi connectivity index (χ0n) is 13.4. The van der Waals surface area contributed by atoms with Gasteiger partial charge in [0.2, 0.25) is 0 Å². The first-order valence-corrected chi connectivity index (χ1v) is 6.92. The van der Waals surface area contributed by atoms with Crippen LogP contribution < -0.4 is 5.32 Å². The Balaban J connectivity index is 2.50. The summed E-state index contributed by atoms with van der Waals surface area (Å²) in [5.74, 6) is 0.693. The van der Waals surface area contributed by atoms with Crippen molar-refractivity contribution in [2.75, 3.05) is 0 Å². The summed E-state index contributed by atoms with van der Waals surface area (Å²) in [7, 11) is 0. The summed E-state index contributed by atoms with van der Waals surface area (Å²) in [6.07, 6.45) is 2.17. The van der Waals surface area contributed by atoms with Crippen LogP contribution in [0.15, 0.2) is 16.6 Å². The lowest BCUT2D eigenvalue weighted by Gasteiger charge is -2.37. The monoisotopic (exact) mass is 265 g/mol. The van der Waals surface area contributed by atoms with Crippen LogP contribution in [0, 0.1) is 0 Å². The highest BCUT2D eigenvalue weighted by Crippen LogP contribution is 2.41. The van der Waals surface area contributed by atoms with Gasteiger partial charge in [0.15, 0.2) is 5.84 Å². The summed E-state index contributed by atoms with van der Waals surface area (Å²) in [5, 5.41) is 15.4. The summed E-state index contributed by atoms with van der Waals surface area (Å²) in [6, 6.07) is 0. The normalized spacial score (nSPS) is 30.3. The van der Waals surface area contributed by atoms with Crippen LogP contribution in [0.4, 0.5) is 0 Å². The van der Waals surface area contributed by atoms with Gasteiger partial charge in [-0.25, -0.2) is 5.06 Å². The average molecular weight is 265 g/mol. The first-order chi connectivity index (χ1) is 8.30. The molecule has 2 rings (SSSR count). The van der Waals surface area contributed by atoms with Gasteiger partial charge >= 0.3 is 0 Å². The minimum Gasteiger partial charge on any atom is -0.299 e. The number of nitrogens with zero attached hydrogens (tertiary/aromatic N) is 2. The molecule has 0 unspecified atom stereocenters. The van der Waals surface area contributed by atoms with Gasteiger partial charge < -0.3 is 0 Å². The van der Waals surface area contributed by atoms with Crippen molar-refractivity contribution in [2.45, 2.75) is 77.5 Å². The lowest BCUT2D eigenvalue weighted by Crippen LogP contribution is -2.53. The maximum absolute atomic E-state index is 10.5. The number of hydrogen-bond acceptors (Lipinski definition) is 4. The predicted octanol–water partition coefficient (Wildman–Crippen LogP) is 2.73. The maximum Gasteiger partial charge on any atom is 0.153 e. The summed E-state index contributed by atoms with van der Waals surface area (Å²) in [6.45, 7) is 16.7. The van der Waals surface area contributed by atoms with Gasteiger partial charge in [-0.15, -0.1) is 0 Å². The zero-order chi connectivity index (χ0) is 14.9. The van der Waals surface area contributed by atoms with Crippen molar-refractivity contribution in [3.8, 4) is 0 Å². The highest BCUT2D eigenvalue weighted by molar-refractivity contribution is 6.02. The van der Waals surface area contributed by atoms with Crippen LogP contribution >= 0.6 is 0 Å². The molecule has 0 amide bonds. The second-order valence-corrected chi connectivity index (χ2v) is 7.89. The number of aliphatic imine (C=N–C) groups is 1. The Hall–Kier alpha value is -0.870. The van der Waals surface area contributed by atoms with Crippen molar-refractivity contribution in [3.05, 3.63) is 11.6 Å². The van der Waals surface area contributed by atoms with Crippen molar-refractivity contribution in [1.29, 1.82) is 0 Å². The van der Waals surface area contributed by atoms with Gasteiger partial charge in [-0.3, -0.25) is 15.5 Å². The molecule has 0 bridgehead atoms.